The Hall–Kier alpha value is -0.890. The third-order valence-electron chi connectivity index (χ3n) is 1.60. The number of sulfone groups is 2. The van der Waals surface area contributed by atoms with E-state index in [1.807, 2.05) is 0 Å². The van der Waals surface area contributed by atoms with Crippen LogP contribution < -0.4 is 5.73 Å². The van der Waals surface area contributed by atoms with E-state index in [0.29, 0.717) is 5.41 Å². The van der Waals surface area contributed by atoms with Crippen molar-refractivity contribution >= 4 is 24.1 Å². The summed E-state index contributed by atoms with van der Waals surface area (Å²) in [7, 11) is -7.85. The molecular weight excluding hydrogens is 228 g/mol. The number of nitrogens with zero attached hydrogens (tertiary/aromatic N) is 1. The highest BCUT2D eigenvalue weighted by Gasteiger charge is 2.37. The molecule has 1 rings (SSSR count). The Kier molecular flexibility index (Phi) is 2.44. The van der Waals surface area contributed by atoms with Crippen LogP contribution in [-0.4, -0.2) is 26.5 Å². The van der Waals surface area contributed by atoms with Gasteiger partial charge in [-0.25, -0.2) is 21.8 Å². The van der Waals surface area contributed by atoms with E-state index in [2.05, 4.69) is 4.99 Å². The van der Waals surface area contributed by atoms with Crippen molar-refractivity contribution in [3.8, 4) is 0 Å². The van der Waals surface area contributed by atoms with E-state index in [1.54, 1.807) is 0 Å². The minimum atomic E-state index is -3.96. The molecule has 0 aromatic carbocycles. The zero-order chi connectivity index (χ0) is 11.1. The van der Waals surface area contributed by atoms with Gasteiger partial charge in [-0.2, -0.15) is 0 Å². The van der Waals surface area contributed by atoms with E-state index in [0.717, 1.165) is 0 Å². The maximum Gasteiger partial charge on any atom is 0.254 e. The Morgan fingerprint density at radius 1 is 1.43 bits per heavy atom. The van der Waals surface area contributed by atoms with E-state index in [-0.39, 0.29) is 5.82 Å². The first kappa shape index (κ1) is 11.2. The van der Waals surface area contributed by atoms with Gasteiger partial charge < -0.3 is 5.73 Å². The highest BCUT2D eigenvalue weighted by Crippen LogP contribution is 2.18. The van der Waals surface area contributed by atoms with E-state index >= 15 is 0 Å². The monoisotopic (exact) mass is 238 g/mol. The van der Waals surface area contributed by atoms with E-state index in [1.165, 1.54) is 13.8 Å². The highest BCUT2D eigenvalue weighted by atomic mass is 32.3. The molecule has 0 bridgehead atoms. The summed E-state index contributed by atoms with van der Waals surface area (Å²) in [4.78, 5) is 3.31. The number of hydrogen-bond acceptors (Lipinski definition) is 6. The van der Waals surface area contributed by atoms with Gasteiger partial charge in [0.15, 0.2) is 0 Å². The normalized spacial score (nSPS) is 20.8. The van der Waals surface area contributed by atoms with Crippen molar-refractivity contribution in [1.29, 1.82) is 0 Å². The van der Waals surface area contributed by atoms with Crippen LogP contribution in [0.25, 0.3) is 0 Å². The minimum absolute atomic E-state index is 0.302. The molecule has 80 valence electrons. The Morgan fingerprint density at radius 2 is 1.93 bits per heavy atom. The molecule has 1 aliphatic heterocycles. The van der Waals surface area contributed by atoms with Gasteiger partial charge in [-0.3, -0.25) is 0 Å². The fourth-order valence-electron chi connectivity index (χ4n) is 0.832. The fraction of sp³-hybridized carbons (Fsp3) is 0.500. The molecule has 1 aliphatic rings. The SMILES string of the molecule is CC(C)S(=O)(=O)C1=NC(N)=CS1(=O)=O. The summed E-state index contributed by atoms with van der Waals surface area (Å²) in [5, 5.41) is -0.197. The lowest BCUT2D eigenvalue weighted by molar-refractivity contribution is 0.598. The van der Waals surface area contributed by atoms with Crippen molar-refractivity contribution in [3.05, 3.63) is 11.2 Å². The molecule has 0 unspecified atom stereocenters. The molecule has 0 atom stereocenters. The minimum Gasteiger partial charge on any atom is -0.383 e. The average Bonchev–Trinajstić information content (AvgIpc) is 2.24. The Morgan fingerprint density at radius 3 is 2.21 bits per heavy atom. The van der Waals surface area contributed by atoms with Gasteiger partial charge in [0.25, 0.3) is 4.38 Å². The molecule has 0 aromatic heterocycles. The summed E-state index contributed by atoms with van der Waals surface area (Å²) in [5.41, 5.74) is 5.13. The van der Waals surface area contributed by atoms with Gasteiger partial charge in [0, 0.05) is 0 Å². The van der Waals surface area contributed by atoms with Crippen LogP contribution in [0.4, 0.5) is 0 Å². The number of nitrogens with two attached hydrogens (primary N) is 1. The van der Waals surface area contributed by atoms with Crippen LogP contribution in [0.3, 0.4) is 0 Å². The predicted molar refractivity (Wildman–Crippen MR) is 52.7 cm³/mol. The third kappa shape index (κ3) is 1.67. The van der Waals surface area contributed by atoms with E-state index in [4.69, 9.17) is 5.73 Å². The van der Waals surface area contributed by atoms with Crippen LogP contribution in [0.15, 0.2) is 16.2 Å². The molecule has 0 fully saturated rings. The van der Waals surface area contributed by atoms with Gasteiger partial charge in [-0.15, -0.1) is 0 Å². The van der Waals surface area contributed by atoms with Crippen molar-refractivity contribution in [2.24, 2.45) is 10.7 Å². The molecule has 0 spiro atoms. The van der Waals surface area contributed by atoms with Gasteiger partial charge in [0.1, 0.15) is 5.82 Å². The summed E-state index contributed by atoms with van der Waals surface area (Å²) in [5.74, 6) is -0.302. The number of rotatable bonds is 1. The largest absolute Gasteiger partial charge is 0.383 e. The first-order chi connectivity index (χ1) is 6.18. The third-order valence-corrected chi connectivity index (χ3v) is 5.95. The van der Waals surface area contributed by atoms with Crippen LogP contribution in [0.5, 0.6) is 0 Å². The highest BCUT2D eigenvalue weighted by molar-refractivity contribution is 8.32. The molecule has 14 heavy (non-hydrogen) atoms. The topological polar surface area (TPSA) is 107 Å². The number of aliphatic imine (C=N–C) groups is 1. The Balaban J connectivity index is 3.38. The van der Waals surface area contributed by atoms with Crippen molar-refractivity contribution in [3.63, 3.8) is 0 Å². The second-order valence-electron chi connectivity index (χ2n) is 3.06. The molecule has 0 aliphatic carbocycles. The Labute approximate surface area is 82.4 Å². The molecule has 0 saturated carbocycles. The van der Waals surface area contributed by atoms with E-state index in [9.17, 15) is 16.8 Å². The average molecular weight is 238 g/mol. The van der Waals surface area contributed by atoms with Crippen LogP contribution >= 0.6 is 0 Å². The number of hydrogen-bond donors (Lipinski definition) is 1. The van der Waals surface area contributed by atoms with Crippen molar-refractivity contribution in [2.45, 2.75) is 19.1 Å². The quantitative estimate of drug-likeness (QED) is 0.653. The summed E-state index contributed by atoms with van der Waals surface area (Å²) >= 11 is 0. The van der Waals surface area contributed by atoms with Gasteiger partial charge in [-0.1, -0.05) is 0 Å². The summed E-state index contributed by atoms with van der Waals surface area (Å²) in [6.07, 6.45) is 0. The second-order valence-corrected chi connectivity index (χ2v) is 7.45. The van der Waals surface area contributed by atoms with Gasteiger partial charge in [-0.05, 0) is 13.8 Å². The smallest absolute Gasteiger partial charge is 0.254 e. The summed E-state index contributed by atoms with van der Waals surface area (Å²) in [6.45, 7) is 2.75. The Bertz CT molecular complexity index is 510. The maximum absolute atomic E-state index is 11.5. The molecular formula is C6H10N2O4S2. The predicted octanol–water partition coefficient (Wildman–Crippen LogP) is -0.648. The van der Waals surface area contributed by atoms with Crippen molar-refractivity contribution in [1.82, 2.24) is 0 Å². The standard InChI is InChI=1S/C6H10N2O4S2/c1-4(2)14(11,12)6-8-5(7)3-13(6,9)10/h3-4H,7H2,1-2H3. The molecule has 1 heterocycles. The van der Waals surface area contributed by atoms with Crippen molar-refractivity contribution in [2.75, 3.05) is 0 Å². The first-order valence-electron chi connectivity index (χ1n) is 3.73. The zero-order valence-electron chi connectivity index (χ0n) is 7.63. The first-order valence-corrected chi connectivity index (χ1v) is 6.82. The summed E-state index contributed by atoms with van der Waals surface area (Å²) < 4.78 is 44.7. The lowest BCUT2D eigenvalue weighted by atomic mass is 10.6. The van der Waals surface area contributed by atoms with E-state index < -0.39 is 29.3 Å². The molecule has 0 radical (unpaired) electrons. The molecule has 8 heteroatoms. The molecule has 0 aromatic rings. The molecule has 6 nitrogen and oxygen atoms in total. The molecule has 0 saturated heterocycles. The molecule has 0 amide bonds. The fourth-order valence-corrected chi connectivity index (χ4v) is 4.19. The summed E-state index contributed by atoms with van der Waals surface area (Å²) in [6, 6.07) is 0. The van der Waals surface area contributed by atoms with Crippen molar-refractivity contribution < 1.29 is 16.8 Å². The zero-order valence-corrected chi connectivity index (χ0v) is 9.26. The second kappa shape index (κ2) is 3.06. The van der Waals surface area contributed by atoms with Crippen LogP contribution in [0, 0.1) is 0 Å². The lowest BCUT2D eigenvalue weighted by Crippen LogP contribution is -2.27. The molecule has 2 N–H and O–H groups in total. The van der Waals surface area contributed by atoms with Gasteiger partial charge >= 0.3 is 0 Å². The van der Waals surface area contributed by atoms with Crippen LogP contribution in [0.2, 0.25) is 0 Å². The van der Waals surface area contributed by atoms with Crippen LogP contribution in [0.1, 0.15) is 13.8 Å². The van der Waals surface area contributed by atoms with Gasteiger partial charge in [0.2, 0.25) is 19.7 Å². The van der Waals surface area contributed by atoms with Crippen LogP contribution in [-0.2, 0) is 19.7 Å². The maximum atomic E-state index is 11.5. The van der Waals surface area contributed by atoms with Gasteiger partial charge in [0.05, 0.1) is 10.7 Å². The lowest BCUT2D eigenvalue weighted by Gasteiger charge is -2.05.